The molecule has 0 saturated heterocycles. The summed E-state index contributed by atoms with van der Waals surface area (Å²) in [5, 5.41) is 0. The minimum atomic E-state index is 0. The van der Waals surface area contributed by atoms with Crippen LogP contribution in [0.25, 0.3) is 0 Å². The van der Waals surface area contributed by atoms with Gasteiger partial charge in [-0.15, -0.1) is 0 Å². The predicted octanol–water partition coefficient (Wildman–Crippen LogP) is -8.99. The van der Waals surface area contributed by atoms with Crippen LogP contribution in [0.2, 0.25) is 0 Å². The predicted molar refractivity (Wildman–Crippen MR) is 0 cm³/mol. The third-order valence-electron chi connectivity index (χ3n) is 0. The Hall–Kier alpha value is 1.75. The molecule has 0 unspecified atom stereocenters. The summed E-state index contributed by atoms with van der Waals surface area (Å²) in [4.78, 5) is 0. The van der Waals surface area contributed by atoms with Crippen LogP contribution < -0.4 is 37.2 Å². The molecule has 0 aromatic carbocycles. The van der Waals surface area contributed by atoms with Crippen LogP contribution in [0.1, 0.15) is 0 Å². The van der Waals surface area contributed by atoms with E-state index in [2.05, 4.69) is 0 Å². The van der Waals surface area contributed by atoms with Crippen LogP contribution in [0.5, 0.6) is 0 Å². The molecule has 0 fully saturated rings. The van der Waals surface area contributed by atoms with Gasteiger partial charge in [-0.05, 0) is 0 Å². The second kappa shape index (κ2) is 21.8. The molecule has 0 amide bonds. The maximum Gasteiger partial charge on any atom is 4.00 e. The van der Waals surface area contributed by atoms with Crippen molar-refractivity contribution < 1.29 is 63.4 Å². The molecular formula is Cl3Zr+. The summed E-state index contributed by atoms with van der Waals surface area (Å²) < 4.78 is 0. The van der Waals surface area contributed by atoms with Gasteiger partial charge in [0.05, 0.1) is 0 Å². The number of hydrogen-bond donors (Lipinski definition) is 0. The summed E-state index contributed by atoms with van der Waals surface area (Å²) in [6, 6.07) is 0. The van der Waals surface area contributed by atoms with Gasteiger partial charge in [-0.2, -0.15) is 0 Å². The Labute approximate surface area is 63.1 Å². The van der Waals surface area contributed by atoms with E-state index in [0.717, 1.165) is 0 Å². The van der Waals surface area contributed by atoms with Crippen LogP contribution in [0.15, 0.2) is 0 Å². The van der Waals surface area contributed by atoms with Crippen molar-refractivity contribution in [2.24, 2.45) is 0 Å². The summed E-state index contributed by atoms with van der Waals surface area (Å²) in [5.41, 5.74) is 0. The molecule has 0 aliphatic carbocycles. The topological polar surface area (TPSA) is 0 Å². The molecule has 0 N–H and O–H groups in total. The molecule has 4 heteroatoms. The largest absolute Gasteiger partial charge is 4.00 e. The first-order chi connectivity index (χ1) is 0. The normalized spacial score (nSPS) is 0. The molecule has 0 aliphatic heterocycles. The van der Waals surface area contributed by atoms with E-state index in [1.54, 1.807) is 0 Å². The minimum Gasteiger partial charge on any atom is -1.00 e. The SMILES string of the molecule is [Cl-].[Cl-].[Cl-].[Zr+4]. The fraction of sp³-hybridized carbons (Fsp3) is 0. The number of rotatable bonds is 0. The van der Waals surface area contributed by atoms with E-state index in [1.807, 2.05) is 0 Å². The van der Waals surface area contributed by atoms with Gasteiger partial charge in [0.2, 0.25) is 0 Å². The molecule has 0 aromatic heterocycles. The Morgan fingerprint density at radius 1 is 0.500 bits per heavy atom. The van der Waals surface area contributed by atoms with E-state index in [-0.39, 0.29) is 63.4 Å². The average molecular weight is 198 g/mol. The van der Waals surface area contributed by atoms with Gasteiger partial charge in [0, 0.05) is 0 Å². The summed E-state index contributed by atoms with van der Waals surface area (Å²) >= 11 is 0. The maximum atomic E-state index is 0. The monoisotopic (exact) mass is 195 g/mol. The second-order valence-corrected chi connectivity index (χ2v) is 0. The summed E-state index contributed by atoms with van der Waals surface area (Å²) in [7, 11) is 0. The van der Waals surface area contributed by atoms with Gasteiger partial charge in [-0.25, -0.2) is 0 Å². The number of hydrogen-bond acceptors (Lipinski definition) is 0. The zero-order valence-corrected chi connectivity index (χ0v) is 6.36. The first-order valence-corrected chi connectivity index (χ1v) is 0. The summed E-state index contributed by atoms with van der Waals surface area (Å²) in [5.74, 6) is 0. The summed E-state index contributed by atoms with van der Waals surface area (Å²) in [6.45, 7) is 0. The van der Waals surface area contributed by atoms with Gasteiger partial charge >= 0.3 is 26.2 Å². The van der Waals surface area contributed by atoms with Crippen LogP contribution in [0, 0.1) is 0 Å². The van der Waals surface area contributed by atoms with E-state index >= 15 is 0 Å². The molecule has 0 nitrogen and oxygen atoms in total. The first-order valence-electron chi connectivity index (χ1n) is 0. The van der Waals surface area contributed by atoms with E-state index in [1.165, 1.54) is 0 Å². The van der Waals surface area contributed by atoms with Gasteiger partial charge in [0.1, 0.15) is 0 Å². The van der Waals surface area contributed by atoms with Gasteiger partial charge in [-0.3, -0.25) is 0 Å². The van der Waals surface area contributed by atoms with Crippen molar-refractivity contribution in [2.75, 3.05) is 0 Å². The molecule has 0 aromatic rings. The average Bonchev–Trinajstić information content (AvgIpc) is 0. The molecule has 0 atom stereocenters. The van der Waals surface area contributed by atoms with Crippen molar-refractivity contribution >= 4 is 0 Å². The zero-order valence-electron chi connectivity index (χ0n) is 1.63. The molecule has 0 heterocycles. The fourth-order valence-corrected chi connectivity index (χ4v) is 0. The van der Waals surface area contributed by atoms with E-state index in [0.29, 0.717) is 0 Å². The Morgan fingerprint density at radius 2 is 0.500 bits per heavy atom. The Bertz CT molecular complexity index is 3.25. The quantitative estimate of drug-likeness (QED) is 0.362. The van der Waals surface area contributed by atoms with E-state index in [4.69, 9.17) is 0 Å². The molecule has 0 aliphatic rings. The van der Waals surface area contributed by atoms with Crippen molar-refractivity contribution in [1.29, 1.82) is 0 Å². The van der Waals surface area contributed by atoms with Crippen LogP contribution in [0.3, 0.4) is 0 Å². The fourth-order valence-electron chi connectivity index (χ4n) is 0. The Balaban J connectivity index is 0. The molecular weight excluding hydrogens is 198 g/mol. The molecule has 0 radical (unpaired) electrons. The van der Waals surface area contributed by atoms with Gasteiger partial charge in [-0.1, -0.05) is 0 Å². The van der Waals surface area contributed by atoms with Crippen molar-refractivity contribution in [1.82, 2.24) is 0 Å². The van der Waals surface area contributed by atoms with Crippen molar-refractivity contribution in [3.63, 3.8) is 0 Å². The molecule has 0 rings (SSSR count). The third-order valence-corrected chi connectivity index (χ3v) is 0. The van der Waals surface area contributed by atoms with Crippen LogP contribution in [0.4, 0.5) is 0 Å². The smallest absolute Gasteiger partial charge is 1.00 e. The van der Waals surface area contributed by atoms with Gasteiger partial charge < -0.3 is 37.2 Å². The maximum absolute atomic E-state index is 0. The Morgan fingerprint density at radius 3 is 0.500 bits per heavy atom. The molecule has 0 saturated carbocycles. The second-order valence-electron chi connectivity index (χ2n) is 0. The Kier molecular flexibility index (Phi) is 230. The summed E-state index contributed by atoms with van der Waals surface area (Å²) in [6.07, 6.45) is 0. The van der Waals surface area contributed by atoms with Gasteiger partial charge in [0.25, 0.3) is 0 Å². The number of halogens is 3. The molecule has 0 bridgehead atoms. The van der Waals surface area contributed by atoms with Crippen molar-refractivity contribution in [3.8, 4) is 0 Å². The standard InChI is InChI=1S/3ClH.Zr/h3*1H;/q;;;+4/p-3. The van der Waals surface area contributed by atoms with Crippen molar-refractivity contribution in [3.05, 3.63) is 0 Å². The van der Waals surface area contributed by atoms with Crippen molar-refractivity contribution in [2.45, 2.75) is 0 Å². The van der Waals surface area contributed by atoms with Crippen LogP contribution in [-0.2, 0) is 26.2 Å². The zero-order chi connectivity index (χ0) is 0. The molecule has 24 valence electrons. The van der Waals surface area contributed by atoms with E-state index in [9.17, 15) is 0 Å². The first kappa shape index (κ1) is 42.3. The van der Waals surface area contributed by atoms with Gasteiger partial charge in [0.15, 0.2) is 0 Å². The van der Waals surface area contributed by atoms with Crippen LogP contribution >= 0.6 is 0 Å². The molecule has 0 spiro atoms. The van der Waals surface area contributed by atoms with Crippen LogP contribution in [-0.4, -0.2) is 0 Å². The minimum absolute atomic E-state index is 0. The van der Waals surface area contributed by atoms with E-state index < -0.39 is 0 Å². The third kappa shape index (κ3) is 9.26. The molecule has 4 heavy (non-hydrogen) atoms.